The average molecular weight is 286 g/mol. The molecule has 0 radical (unpaired) electrons. The number of rotatable bonds is 5. The Bertz CT molecular complexity index is 614. The number of methoxy groups -OCH3 is 1. The number of benzene rings is 2. The van der Waals surface area contributed by atoms with Crippen molar-refractivity contribution in [1.82, 2.24) is 0 Å². The van der Waals surface area contributed by atoms with Crippen molar-refractivity contribution in [3.8, 4) is 5.75 Å². The molecule has 0 aliphatic carbocycles. The normalized spacial score (nSPS) is 10.0. The van der Waals surface area contributed by atoms with Crippen LogP contribution in [0.4, 0.5) is 16.2 Å². The molecule has 0 fully saturated rings. The van der Waals surface area contributed by atoms with Crippen molar-refractivity contribution >= 4 is 17.4 Å². The highest BCUT2D eigenvalue weighted by Crippen LogP contribution is 2.18. The molecule has 110 valence electrons. The van der Waals surface area contributed by atoms with Crippen LogP contribution in [0, 0.1) is 0 Å². The van der Waals surface area contributed by atoms with E-state index in [1.54, 1.807) is 37.4 Å². The van der Waals surface area contributed by atoms with Crippen molar-refractivity contribution in [2.45, 2.75) is 6.42 Å². The number of para-hydroxylation sites is 1. The van der Waals surface area contributed by atoms with Crippen molar-refractivity contribution in [3.63, 3.8) is 0 Å². The first-order valence-electron chi connectivity index (χ1n) is 6.63. The second kappa shape index (κ2) is 7.31. The lowest BCUT2D eigenvalue weighted by atomic mass is 10.1. The van der Waals surface area contributed by atoms with Crippen LogP contribution in [-0.4, -0.2) is 24.9 Å². The van der Waals surface area contributed by atoms with Gasteiger partial charge in [-0.15, -0.1) is 0 Å². The molecule has 0 spiro atoms. The van der Waals surface area contributed by atoms with Crippen LogP contribution in [0.3, 0.4) is 0 Å². The van der Waals surface area contributed by atoms with Crippen LogP contribution < -0.4 is 15.4 Å². The zero-order valence-electron chi connectivity index (χ0n) is 11.8. The van der Waals surface area contributed by atoms with Gasteiger partial charge in [0.15, 0.2) is 0 Å². The number of nitrogens with one attached hydrogen (secondary N) is 2. The molecule has 2 amide bonds. The van der Waals surface area contributed by atoms with Gasteiger partial charge in [0.1, 0.15) is 5.75 Å². The lowest BCUT2D eigenvalue weighted by molar-refractivity contribution is 0.262. The molecule has 0 aliphatic heterocycles. The van der Waals surface area contributed by atoms with Crippen LogP contribution in [0.2, 0.25) is 0 Å². The van der Waals surface area contributed by atoms with Crippen molar-refractivity contribution in [2.24, 2.45) is 0 Å². The van der Waals surface area contributed by atoms with Crippen LogP contribution >= 0.6 is 0 Å². The zero-order valence-corrected chi connectivity index (χ0v) is 11.8. The van der Waals surface area contributed by atoms with Crippen molar-refractivity contribution < 1.29 is 14.6 Å². The monoisotopic (exact) mass is 286 g/mol. The first-order chi connectivity index (χ1) is 10.2. The predicted molar refractivity (Wildman–Crippen MR) is 82.9 cm³/mol. The van der Waals surface area contributed by atoms with Crippen LogP contribution in [0.1, 0.15) is 5.56 Å². The number of aliphatic hydroxyl groups is 1. The fraction of sp³-hybridized carbons (Fsp3) is 0.188. The van der Waals surface area contributed by atoms with E-state index in [1.165, 1.54) is 0 Å². The Morgan fingerprint density at radius 1 is 1.14 bits per heavy atom. The molecule has 2 aromatic rings. The maximum atomic E-state index is 12.0. The number of carbonyl (C=O) groups excluding carboxylic acids is 1. The number of hydrogen-bond donors (Lipinski definition) is 3. The number of amides is 2. The number of hydrogen-bond acceptors (Lipinski definition) is 3. The molecule has 2 aromatic carbocycles. The van der Waals surface area contributed by atoms with E-state index in [2.05, 4.69) is 10.6 Å². The highest BCUT2D eigenvalue weighted by molar-refractivity contribution is 6.00. The summed E-state index contributed by atoms with van der Waals surface area (Å²) in [6.45, 7) is 0.0379. The van der Waals surface area contributed by atoms with E-state index in [1.807, 2.05) is 18.2 Å². The van der Waals surface area contributed by atoms with Gasteiger partial charge in [0.2, 0.25) is 0 Å². The van der Waals surface area contributed by atoms with E-state index < -0.39 is 0 Å². The summed E-state index contributed by atoms with van der Waals surface area (Å²) in [5.74, 6) is 0.675. The van der Waals surface area contributed by atoms with Gasteiger partial charge in [-0.3, -0.25) is 0 Å². The maximum Gasteiger partial charge on any atom is 0.323 e. The first kappa shape index (κ1) is 14.9. The summed E-state index contributed by atoms with van der Waals surface area (Å²) in [5, 5.41) is 14.6. The molecule has 0 saturated carbocycles. The van der Waals surface area contributed by atoms with Gasteiger partial charge < -0.3 is 20.5 Å². The standard InChI is InChI=1S/C16H18N2O3/c1-21-14-7-4-6-13(11-14)17-16(20)18-15-8-3-2-5-12(15)9-10-19/h2-8,11,19H,9-10H2,1H3,(H2,17,18,20). The first-order valence-corrected chi connectivity index (χ1v) is 6.63. The van der Waals surface area contributed by atoms with E-state index in [0.717, 1.165) is 5.56 Å². The maximum absolute atomic E-state index is 12.0. The topological polar surface area (TPSA) is 70.6 Å². The van der Waals surface area contributed by atoms with Gasteiger partial charge in [-0.25, -0.2) is 4.79 Å². The van der Waals surface area contributed by atoms with Gasteiger partial charge >= 0.3 is 6.03 Å². The predicted octanol–water partition coefficient (Wildman–Crippen LogP) is 2.87. The molecular weight excluding hydrogens is 268 g/mol. The molecule has 3 N–H and O–H groups in total. The Morgan fingerprint density at radius 2 is 1.95 bits per heavy atom. The minimum Gasteiger partial charge on any atom is -0.497 e. The molecule has 5 heteroatoms. The Kier molecular flexibility index (Phi) is 5.17. The zero-order chi connectivity index (χ0) is 15.1. The van der Waals surface area contributed by atoms with E-state index in [9.17, 15) is 4.79 Å². The summed E-state index contributed by atoms with van der Waals surface area (Å²) in [4.78, 5) is 12.0. The molecule has 0 atom stereocenters. The van der Waals surface area contributed by atoms with Gasteiger partial charge in [0.25, 0.3) is 0 Å². The molecule has 21 heavy (non-hydrogen) atoms. The smallest absolute Gasteiger partial charge is 0.323 e. The Balaban J connectivity index is 2.04. The fourth-order valence-corrected chi connectivity index (χ4v) is 1.97. The molecular formula is C16H18N2O3. The molecule has 0 heterocycles. The summed E-state index contributed by atoms with van der Waals surface area (Å²) in [6, 6.07) is 14.2. The van der Waals surface area contributed by atoms with Crippen LogP contribution in [-0.2, 0) is 6.42 Å². The fourth-order valence-electron chi connectivity index (χ4n) is 1.97. The van der Waals surface area contributed by atoms with Crippen LogP contribution in [0.15, 0.2) is 48.5 Å². The summed E-state index contributed by atoms with van der Waals surface area (Å²) in [5.41, 5.74) is 2.22. The van der Waals surface area contributed by atoms with Gasteiger partial charge in [0.05, 0.1) is 7.11 Å². The molecule has 5 nitrogen and oxygen atoms in total. The van der Waals surface area contributed by atoms with E-state index in [4.69, 9.17) is 9.84 Å². The summed E-state index contributed by atoms with van der Waals surface area (Å²) >= 11 is 0. The Labute approximate surface area is 123 Å². The highest BCUT2D eigenvalue weighted by atomic mass is 16.5. The molecule has 0 aliphatic rings. The minimum absolute atomic E-state index is 0.0379. The largest absolute Gasteiger partial charge is 0.497 e. The minimum atomic E-state index is -0.339. The summed E-state index contributed by atoms with van der Waals surface area (Å²) in [7, 11) is 1.57. The number of ether oxygens (including phenoxy) is 1. The highest BCUT2D eigenvalue weighted by Gasteiger charge is 2.06. The molecule has 2 rings (SSSR count). The van der Waals surface area contributed by atoms with Crippen LogP contribution in [0.25, 0.3) is 0 Å². The van der Waals surface area contributed by atoms with Crippen molar-refractivity contribution in [3.05, 3.63) is 54.1 Å². The SMILES string of the molecule is COc1cccc(NC(=O)Nc2ccccc2CCO)c1. The molecule has 0 bridgehead atoms. The third kappa shape index (κ3) is 4.22. The second-order valence-corrected chi connectivity index (χ2v) is 4.44. The quantitative estimate of drug-likeness (QED) is 0.791. The van der Waals surface area contributed by atoms with Crippen molar-refractivity contribution in [1.29, 1.82) is 0 Å². The van der Waals surface area contributed by atoms with Crippen molar-refractivity contribution in [2.75, 3.05) is 24.4 Å². The molecule has 0 aromatic heterocycles. The van der Waals surface area contributed by atoms with Crippen LogP contribution in [0.5, 0.6) is 5.75 Å². The number of urea groups is 1. The number of anilines is 2. The third-order valence-corrected chi connectivity index (χ3v) is 2.97. The van der Waals surface area contributed by atoms with Gasteiger partial charge in [-0.1, -0.05) is 24.3 Å². The summed E-state index contributed by atoms with van der Waals surface area (Å²) < 4.78 is 5.11. The second-order valence-electron chi connectivity index (χ2n) is 4.44. The van der Waals surface area contributed by atoms with Gasteiger partial charge in [-0.05, 0) is 30.2 Å². The summed E-state index contributed by atoms with van der Waals surface area (Å²) in [6.07, 6.45) is 0.496. The Morgan fingerprint density at radius 3 is 2.71 bits per heavy atom. The third-order valence-electron chi connectivity index (χ3n) is 2.97. The Hall–Kier alpha value is -2.53. The van der Waals surface area contributed by atoms with E-state index in [0.29, 0.717) is 23.5 Å². The molecule has 0 saturated heterocycles. The van der Waals surface area contributed by atoms with Gasteiger partial charge in [0, 0.05) is 24.0 Å². The van der Waals surface area contributed by atoms with E-state index in [-0.39, 0.29) is 12.6 Å². The lowest BCUT2D eigenvalue weighted by Gasteiger charge is -2.11. The number of aliphatic hydroxyl groups excluding tert-OH is 1. The lowest BCUT2D eigenvalue weighted by Crippen LogP contribution is -2.20. The average Bonchev–Trinajstić information content (AvgIpc) is 2.49. The van der Waals surface area contributed by atoms with Gasteiger partial charge in [-0.2, -0.15) is 0 Å². The number of carbonyl (C=O) groups is 1. The van der Waals surface area contributed by atoms with E-state index >= 15 is 0 Å². The molecule has 0 unspecified atom stereocenters.